The fourth-order valence-corrected chi connectivity index (χ4v) is 2.28. The van der Waals surface area contributed by atoms with Gasteiger partial charge in [-0.15, -0.1) is 0 Å². The quantitative estimate of drug-likeness (QED) is 0.926. The number of amides is 1. The second kappa shape index (κ2) is 5.19. The highest BCUT2D eigenvalue weighted by molar-refractivity contribution is 5.69. The lowest BCUT2D eigenvalue weighted by molar-refractivity contribution is 0.0377. The van der Waals surface area contributed by atoms with E-state index in [1.807, 2.05) is 13.8 Å². The Morgan fingerprint density at radius 3 is 2.50 bits per heavy atom. The molecule has 6 heteroatoms. The number of alkyl carbamates (subject to hydrolysis) is 1. The van der Waals surface area contributed by atoms with Gasteiger partial charge in [-0.05, 0) is 6.07 Å². The smallest absolute Gasteiger partial charge is 0.407 e. The van der Waals surface area contributed by atoms with Gasteiger partial charge in [-0.25, -0.2) is 9.18 Å². The lowest BCUT2D eigenvalue weighted by Crippen LogP contribution is -2.47. The van der Waals surface area contributed by atoms with E-state index in [1.54, 1.807) is 6.07 Å². The lowest BCUT2D eigenvalue weighted by atomic mass is 9.80. The standard InChI is InChI=1S/C14H18FNO4/c1-14(2)7-20-13(17)16-12(14)8-5-10(18-3)11(19-4)6-9(8)15/h5-6,12H,7H2,1-4H3,(H,16,17)/t12-/m0/s1. The van der Waals surface area contributed by atoms with E-state index in [2.05, 4.69) is 5.32 Å². The van der Waals surface area contributed by atoms with Crippen LogP contribution in [-0.4, -0.2) is 26.9 Å². The van der Waals surface area contributed by atoms with Crippen molar-refractivity contribution in [3.63, 3.8) is 0 Å². The summed E-state index contributed by atoms with van der Waals surface area (Å²) in [6, 6.07) is 2.31. The third-order valence-electron chi connectivity index (χ3n) is 3.43. The molecule has 1 fully saturated rings. The van der Waals surface area contributed by atoms with E-state index in [1.165, 1.54) is 20.3 Å². The van der Waals surface area contributed by atoms with Gasteiger partial charge < -0.3 is 19.5 Å². The highest BCUT2D eigenvalue weighted by Gasteiger charge is 2.39. The van der Waals surface area contributed by atoms with Crippen molar-refractivity contribution in [1.29, 1.82) is 0 Å². The van der Waals surface area contributed by atoms with Crippen LogP contribution in [0.5, 0.6) is 11.5 Å². The summed E-state index contributed by atoms with van der Waals surface area (Å²) in [5.74, 6) is 0.272. The first-order chi connectivity index (χ1) is 9.39. The maximum atomic E-state index is 14.3. The van der Waals surface area contributed by atoms with Gasteiger partial charge in [0.05, 0.1) is 20.3 Å². The zero-order valence-electron chi connectivity index (χ0n) is 12.0. The summed E-state index contributed by atoms with van der Waals surface area (Å²) in [4.78, 5) is 11.4. The number of halogens is 1. The highest BCUT2D eigenvalue weighted by atomic mass is 19.1. The van der Waals surface area contributed by atoms with Crippen molar-refractivity contribution >= 4 is 6.09 Å². The van der Waals surface area contributed by atoms with E-state index < -0.39 is 23.4 Å². The average molecular weight is 283 g/mol. The highest BCUT2D eigenvalue weighted by Crippen LogP contribution is 2.41. The Kier molecular flexibility index (Phi) is 3.74. The van der Waals surface area contributed by atoms with Gasteiger partial charge in [0.2, 0.25) is 0 Å². The van der Waals surface area contributed by atoms with Crippen LogP contribution >= 0.6 is 0 Å². The van der Waals surface area contributed by atoms with Gasteiger partial charge in [0.25, 0.3) is 0 Å². The van der Waals surface area contributed by atoms with Gasteiger partial charge in [0.1, 0.15) is 12.4 Å². The predicted molar refractivity (Wildman–Crippen MR) is 70.5 cm³/mol. The summed E-state index contributed by atoms with van der Waals surface area (Å²) in [7, 11) is 2.92. The zero-order chi connectivity index (χ0) is 14.9. The molecule has 2 rings (SSSR count). The molecule has 1 atom stereocenters. The Bertz CT molecular complexity index is 530. The average Bonchev–Trinajstić information content (AvgIpc) is 2.41. The molecule has 0 aliphatic carbocycles. The molecular formula is C14H18FNO4. The first-order valence-corrected chi connectivity index (χ1v) is 6.23. The molecule has 1 N–H and O–H groups in total. The predicted octanol–water partition coefficient (Wildman–Crippen LogP) is 2.65. The lowest BCUT2D eigenvalue weighted by Gasteiger charge is -2.38. The second-order valence-electron chi connectivity index (χ2n) is 5.37. The van der Waals surface area contributed by atoms with E-state index in [0.29, 0.717) is 17.1 Å². The summed E-state index contributed by atoms with van der Waals surface area (Å²) in [5, 5.41) is 2.66. The topological polar surface area (TPSA) is 56.8 Å². The Morgan fingerprint density at radius 1 is 1.30 bits per heavy atom. The monoisotopic (exact) mass is 283 g/mol. The number of nitrogens with one attached hydrogen (secondary N) is 1. The van der Waals surface area contributed by atoms with Gasteiger partial charge in [0, 0.05) is 17.0 Å². The number of rotatable bonds is 3. The second-order valence-corrected chi connectivity index (χ2v) is 5.37. The summed E-state index contributed by atoms with van der Waals surface area (Å²) >= 11 is 0. The van der Waals surface area contributed by atoms with Crippen LogP contribution in [-0.2, 0) is 4.74 Å². The molecule has 1 aliphatic rings. The Morgan fingerprint density at radius 2 is 1.90 bits per heavy atom. The molecule has 1 saturated heterocycles. The number of cyclic esters (lactones) is 1. The van der Waals surface area contributed by atoms with Gasteiger partial charge in [-0.2, -0.15) is 0 Å². The van der Waals surface area contributed by atoms with Crippen molar-refractivity contribution in [3.8, 4) is 11.5 Å². The number of carbonyl (C=O) groups is 1. The first kappa shape index (κ1) is 14.4. The largest absolute Gasteiger partial charge is 0.493 e. The van der Waals surface area contributed by atoms with Crippen LogP contribution in [0.2, 0.25) is 0 Å². The van der Waals surface area contributed by atoms with Crippen molar-refractivity contribution in [1.82, 2.24) is 5.32 Å². The number of ether oxygens (including phenoxy) is 3. The molecular weight excluding hydrogens is 265 g/mol. The van der Waals surface area contributed by atoms with Crippen LogP contribution in [0.3, 0.4) is 0 Å². The molecule has 0 bridgehead atoms. The van der Waals surface area contributed by atoms with Gasteiger partial charge in [-0.3, -0.25) is 0 Å². The maximum absolute atomic E-state index is 14.3. The summed E-state index contributed by atoms with van der Waals surface area (Å²) in [6.45, 7) is 4.01. The van der Waals surface area contributed by atoms with Crippen LogP contribution in [0.15, 0.2) is 12.1 Å². The van der Waals surface area contributed by atoms with E-state index in [4.69, 9.17) is 14.2 Å². The normalized spacial score (nSPS) is 20.9. The van der Waals surface area contributed by atoms with Crippen LogP contribution in [0, 0.1) is 11.2 Å². The first-order valence-electron chi connectivity index (χ1n) is 6.23. The third-order valence-corrected chi connectivity index (χ3v) is 3.43. The zero-order valence-corrected chi connectivity index (χ0v) is 12.0. The maximum Gasteiger partial charge on any atom is 0.407 e. The van der Waals surface area contributed by atoms with Crippen molar-refractivity contribution in [2.75, 3.05) is 20.8 Å². The molecule has 0 radical (unpaired) electrons. The minimum Gasteiger partial charge on any atom is -0.493 e. The third kappa shape index (κ3) is 2.50. The van der Waals surface area contributed by atoms with Gasteiger partial charge in [0.15, 0.2) is 11.5 Å². The van der Waals surface area contributed by atoms with Crippen molar-refractivity contribution < 1.29 is 23.4 Å². The molecule has 20 heavy (non-hydrogen) atoms. The molecule has 1 aliphatic heterocycles. The van der Waals surface area contributed by atoms with Crippen LogP contribution < -0.4 is 14.8 Å². The molecule has 1 aromatic carbocycles. The molecule has 0 spiro atoms. The molecule has 0 unspecified atom stereocenters. The molecule has 110 valence electrons. The van der Waals surface area contributed by atoms with E-state index in [9.17, 15) is 9.18 Å². The Hall–Kier alpha value is -1.98. The number of carbonyl (C=O) groups excluding carboxylic acids is 1. The number of hydrogen-bond donors (Lipinski definition) is 1. The van der Waals surface area contributed by atoms with Crippen molar-refractivity contribution in [2.24, 2.45) is 5.41 Å². The molecule has 0 aromatic heterocycles. The van der Waals surface area contributed by atoms with E-state index in [0.717, 1.165) is 0 Å². The van der Waals surface area contributed by atoms with E-state index in [-0.39, 0.29) is 6.61 Å². The molecule has 1 amide bonds. The Labute approximate surface area is 117 Å². The van der Waals surface area contributed by atoms with Crippen LogP contribution in [0.4, 0.5) is 9.18 Å². The molecule has 1 aromatic rings. The van der Waals surface area contributed by atoms with E-state index >= 15 is 0 Å². The van der Waals surface area contributed by atoms with Crippen molar-refractivity contribution in [3.05, 3.63) is 23.5 Å². The number of hydrogen-bond acceptors (Lipinski definition) is 4. The van der Waals surface area contributed by atoms with Gasteiger partial charge in [-0.1, -0.05) is 13.8 Å². The van der Waals surface area contributed by atoms with Crippen LogP contribution in [0.1, 0.15) is 25.5 Å². The number of methoxy groups -OCH3 is 2. The minimum atomic E-state index is -0.552. The molecule has 0 saturated carbocycles. The number of benzene rings is 1. The summed E-state index contributed by atoms with van der Waals surface area (Å²) in [5.41, 5.74) is -0.0850. The summed E-state index contributed by atoms with van der Waals surface area (Å²) < 4.78 is 29.5. The molecule has 5 nitrogen and oxygen atoms in total. The fraction of sp³-hybridized carbons (Fsp3) is 0.500. The Balaban J connectivity index is 2.47. The van der Waals surface area contributed by atoms with Crippen LogP contribution in [0.25, 0.3) is 0 Å². The van der Waals surface area contributed by atoms with Gasteiger partial charge >= 0.3 is 6.09 Å². The fourth-order valence-electron chi connectivity index (χ4n) is 2.28. The summed E-state index contributed by atoms with van der Waals surface area (Å²) in [6.07, 6.45) is -0.552. The molecule has 1 heterocycles. The van der Waals surface area contributed by atoms with Crippen molar-refractivity contribution in [2.45, 2.75) is 19.9 Å². The minimum absolute atomic E-state index is 0.220. The SMILES string of the molecule is COc1cc(F)c([C@@H]2NC(=O)OCC2(C)C)cc1OC.